The number of fused-ring (bicyclic) bond motifs is 1. The number of aryl methyl sites for hydroxylation is 1. The molecule has 4 rings (SSSR count). The Morgan fingerprint density at radius 2 is 1.82 bits per heavy atom. The molecule has 4 aromatic rings. The second-order valence-corrected chi connectivity index (χ2v) is 8.44. The first-order valence-corrected chi connectivity index (χ1v) is 11.1. The van der Waals surface area contributed by atoms with Crippen molar-refractivity contribution < 1.29 is 19.2 Å². The number of nitro groups is 1. The molecule has 0 aliphatic carbocycles. The topological polar surface area (TPSA) is 111 Å². The van der Waals surface area contributed by atoms with Crippen LogP contribution in [0.2, 0.25) is 0 Å². The van der Waals surface area contributed by atoms with E-state index in [2.05, 4.69) is 16.4 Å². The van der Waals surface area contributed by atoms with Gasteiger partial charge in [0.05, 0.1) is 15.1 Å². The summed E-state index contributed by atoms with van der Waals surface area (Å²) in [5, 5.41) is 14.2. The first-order valence-electron chi connectivity index (χ1n) is 10.2. The van der Waals surface area contributed by atoms with Crippen molar-refractivity contribution >= 4 is 50.9 Å². The van der Waals surface area contributed by atoms with Gasteiger partial charge in [-0.15, -0.1) is 11.3 Å². The fourth-order valence-electron chi connectivity index (χ4n) is 3.10. The normalized spacial score (nSPS) is 11.0. The number of benzene rings is 3. The van der Waals surface area contributed by atoms with Crippen LogP contribution in [0.5, 0.6) is 0 Å². The van der Waals surface area contributed by atoms with E-state index in [4.69, 9.17) is 4.74 Å². The molecule has 0 saturated heterocycles. The van der Waals surface area contributed by atoms with Gasteiger partial charge < -0.3 is 10.1 Å². The van der Waals surface area contributed by atoms with E-state index in [1.807, 2.05) is 31.2 Å². The van der Waals surface area contributed by atoms with Gasteiger partial charge in [-0.05, 0) is 72.7 Å². The molecule has 0 spiro atoms. The van der Waals surface area contributed by atoms with Crippen LogP contribution in [0.4, 0.5) is 11.4 Å². The Labute approximate surface area is 198 Å². The van der Waals surface area contributed by atoms with Crippen LogP contribution in [0.1, 0.15) is 11.1 Å². The van der Waals surface area contributed by atoms with Crippen molar-refractivity contribution in [2.45, 2.75) is 6.92 Å². The SMILES string of the molecule is Cc1ccc2nc(-c3ccc(NC(=O)COC(=O)/C=C/c4ccc([N+](=O)[O-])cc4)cc3)sc2c1. The summed E-state index contributed by atoms with van der Waals surface area (Å²) in [5.41, 5.74) is 4.20. The van der Waals surface area contributed by atoms with Gasteiger partial charge >= 0.3 is 5.97 Å². The summed E-state index contributed by atoms with van der Waals surface area (Å²) in [6, 6.07) is 19.1. The molecule has 0 unspecified atom stereocenters. The highest BCUT2D eigenvalue weighted by Crippen LogP contribution is 2.31. The first kappa shape index (κ1) is 22.8. The van der Waals surface area contributed by atoms with Crippen LogP contribution >= 0.6 is 11.3 Å². The van der Waals surface area contributed by atoms with Gasteiger partial charge in [-0.25, -0.2) is 9.78 Å². The maximum Gasteiger partial charge on any atom is 0.331 e. The van der Waals surface area contributed by atoms with Crippen molar-refractivity contribution in [3.05, 3.63) is 94.0 Å². The molecule has 1 amide bonds. The van der Waals surface area contributed by atoms with Crippen LogP contribution in [-0.4, -0.2) is 28.4 Å². The number of carbonyl (C=O) groups is 2. The van der Waals surface area contributed by atoms with E-state index in [-0.39, 0.29) is 5.69 Å². The van der Waals surface area contributed by atoms with Crippen LogP contribution in [0, 0.1) is 17.0 Å². The molecule has 8 nitrogen and oxygen atoms in total. The van der Waals surface area contributed by atoms with E-state index in [0.29, 0.717) is 11.3 Å². The third-order valence-corrected chi connectivity index (χ3v) is 5.89. The average Bonchev–Trinajstić information content (AvgIpc) is 3.25. The van der Waals surface area contributed by atoms with Crippen molar-refractivity contribution in [2.75, 3.05) is 11.9 Å². The minimum absolute atomic E-state index is 0.0420. The molecule has 0 saturated carbocycles. The molecule has 0 bridgehead atoms. The molecule has 9 heteroatoms. The second kappa shape index (κ2) is 10.1. The zero-order valence-electron chi connectivity index (χ0n) is 18.1. The highest BCUT2D eigenvalue weighted by atomic mass is 32.1. The maximum atomic E-state index is 12.1. The Bertz CT molecular complexity index is 1390. The number of rotatable bonds is 7. The lowest BCUT2D eigenvalue weighted by molar-refractivity contribution is -0.384. The molecular weight excluding hydrogens is 454 g/mol. The number of hydrogen-bond donors (Lipinski definition) is 1. The van der Waals surface area contributed by atoms with E-state index in [1.54, 1.807) is 23.5 Å². The van der Waals surface area contributed by atoms with Gasteiger partial charge in [-0.2, -0.15) is 0 Å². The number of hydrogen-bond acceptors (Lipinski definition) is 7. The lowest BCUT2D eigenvalue weighted by atomic mass is 10.2. The highest BCUT2D eigenvalue weighted by molar-refractivity contribution is 7.21. The third-order valence-electron chi connectivity index (χ3n) is 4.82. The molecule has 1 heterocycles. The van der Waals surface area contributed by atoms with Gasteiger partial charge in [-0.3, -0.25) is 14.9 Å². The number of anilines is 1. The number of thiazole rings is 1. The lowest BCUT2D eigenvalue weighted by Gasteiger charge is -2.06. The number of nitrogens with zero attached hydrogens (tertiary/aromatic N) is 2. The number of nitrogens with one attached hydrogen (secondary N) is 1. The Kier molecular flexibility index (Phi) is 6.74. The van der Waals surface area contributed by atoms with Crippen molar-refractivity contribution in [1.29, 1.82) is 0 Å². The fraction of sp³-hybridized carbons (Fsp3) is 0.0800. The zero-order chi connectivity index (χ0) is 24.1. The molecule has 0 atom stereocenters. The fourth-order valence-corrected chi connectivity index (χ4v) is 4.17. The summed E-state index contributed by atoms with van der Waals surface area (Å²) in [4.78, 5) is 38.8. The summed E-state index contributed by atoms with van der Waals surface area (Å²) < 4.78 is 6.06. The van der Waals surface area contributed by atoms with Crippen molar-refractivity contribution in [1.82, 2.24) is 4.98 Å². The predicted molar refractivity (Wildman–Crippen MR) is 132 cm³/mol. The quantitative estimate of drug-likeness (QED) is 0.167. The largest absolute Gasteiger partial charge is 0.452 e. The molecular formula is C25H19N3O5S. The number of nitro benzene ring substituents is 1. The third kappa shape index (κ3) is 5.70. The summed E-state index contributed by atoms with van der Waals surface area (Å²) in [6.45, 7) is 1.60. The van der Waals surface area contributed by atoms with Crippen LogP contribution in [0.15, 0.2) is 72.8 Å². The minimum atomic E-state index is -0.699. The predicted octanol–water partition coefficient (Wildman–Crippen LogP) is 5.38. The van der Waals surface area contributed by atoms with Gasteiger partial charge in [0, 0.05) is 29.5 Å². The summed E-state index contributed by atoms with van der Waals surface area (Å²) in [5.74, 6) is -1.17. The maximum absolute atomic E-state index is 12.1. The molecule has 0 fully saturated rings. The van der Waals surface area contributed by atoms with E-state index in [0.717, 1.165) is 26.9 Å². The number of non-ortho nitro benzene ring substituents is 1. The standard InChI is InChI=1S/C25H19N3O5S/c1-16-2-12-21-22(14-16)34-25(27-21)18-6-8-19(9-7-18)26-23(29)15-33-24(30)13-5-17-3-10-20(11-4-17)28(31)32/h2-14H,15H2,1H3,(H,26,29)/b13-5+. The monoisotopic (exact) mass is 473 g/mol. The molecule has 170 valence electrons. The van der Waals surface area contributed by atoms with E-state index in [9.17, 15) is 19.7 Å². The molecule has 1 aromatic heterocycles. The molecule has 3 aromatic carbocycles. The second-order valence-electron chi connectivity index (χ2n) is 7.41. The van der Waals surface area contributed by atoms with Crippen LogP contribution in [-0.2, 0) is 14.3 Å². The van der Waals surface area contributed by atoms with E-state index >= 15 is 0 Å². The average molecular weight is 474 g/mol. The van der Waals surface area contributed by atoms with Gasteiger partial charge in [-0.1, -0.05) is 6.07 Å². The molecule has 1 N–H and O–H groups in total. The highest BCUT2D eigenvalue weighted by Gasteiger charge is 2.09. The Morgan fingerprint density at radius 1 is 1.09 bits per heavy atom. The Hall–Kier alpha value is -4.37. The summed E-state index contributed by atoms with van der Waals surface area (Å²) in [7, 11) is 0. The van der Waals surface area contributed by atoms with E-state index < -0.39 is 23.4 Å². The Balaban J connectivity index is 1.28. The minimum Gasteiger partial charge on any atom is -0.452 e. The van der Waals surface area contributed by atoms with Crippen LogP contribution in [0.25, 0.3) is 26.9 Å². The van der Waals surface area contributed by atoms with Crippen LogP contribution in [0.3, 0.4) is 0 Å². The number of aromatic nitrogens is 1. The van der Waals surface area contributed by atoms with Gasteiger partial charge in [0.25, 0.3) is 11.6 Å². The van der Waals surface area contributed by atoms with Crippen molar-refractivity contribution in [2.24, 2.45) is 0 Å². The zero-order valence-corrected chi connectivity index (χ0v) is 18.9. The van der Waals surface area contributed by atoms with Gasteiger partial charge in [0.1, 0.15) is 5.01 Å². The molecule has 34 heavy (non-hydrogen) atoms. The van der Waals surface area contributed by atoms with Crippen LogP contribution < -0.4 is 5.32 Å². The Morgan fingerprint density at radius 3 is 2.53 bits per heavy atom. The van der Waals surface area contributed by atoms with E-state index in [1.165, 1.54) is 35.9 Å². The number of amides is 1. The lowest BCUT2D eigenvalue weighted by Crippen LogP contribution is -2.20. The van der Waals surface area contributed by atoms with Gasteiger partial charge in [0.2, 0.25) is 0 Å². The number of ether oxygens (including phenoxy) is 1. The molecule has 0 aliphatic rings. The van der Waals surface area contributed by atoms with Crippen molar-refractivity contribution in [3.8, 4) is 10.6 Å². The summed E-state index contributed by atoms with van der Waals surface area (Å²) in [6.07, 6.45) is 2.61. The first-order chi connectivity index (χ1) is 16.4. The number of esters is 1. The number of carbonyl (C=O) groups excluding carboxylic acids is 2. The molecule has 0 aliphatic heterocycles. The van der Waals surface area contributed by atoms with Crippen molar-refractivity contribution in [3.63, 3.8) is 0 Å². The summed E-state index contributed by atoms with van der Waals surface area (Å²) >= 11 is 1.61. The van der Waals surface area contributed by atoms with Gasteiger partial charge in [0.15, 0.2) is 6.61 Å². The molecule has 0 radical (unpaired) electrons. The smallest absolute Gasteiger partial charge is 0.331 e.